The molecule has 5 heteroatoms. The van der Waals surface area contributed by atoms with Crippen LogP contribution in [0.15, 0.2) is 0 Å². The Morgan fingerprint density at radius 1 is 1.59 bits per heavy atom. The molecule has 1 atom stereocenters. The predicted octanol–water partition coefficient (Wildman–Crippen LogP) is 0.408. The molecule has 1 aliphatic rings. The molecule has 1 heterocycles. The lowest BCUT2D eigenvalue weighted by Gasteiger charge is -2.33. The van der Waals surface area contributed by atoms with Crippen molar-refractivity contribution in [1.82, 2.24) is 10.2 Å². The van der Waals surface area contributed by atoms with Crippen LogP contribution in [0.4, 0.5) is 0 Å². The molecule has 1 unspecified atom stereocenters. The Bertz CT molecular complexity index is 256. The summed E-state index contributed by atoms with van der Waals surface area (Å²) in [5, 5.41) is 12.3. The van der Waals surface area contributed by atoms with Crippen LogP contribution in [0.3, 0.4) is 0 Å². The van der Waals surface area contributed by atoms with Crippen molar-refractivity contribution in [2.45, 2.75) is 26.3 Å². The standard InChI is InChI=1S/C12H24N2O3/c1-12(2)8-13-7-10(6-11(15)16)14(9-12)4-5-17-3/h10,13H,4-9H2,1-3H3,(H,15,16). The molecule has 0 aliphatic carbocycles. The highest BCUT2D eigenvalue weighted by molar-refractivity contribution is 5.67. The quantitative estimate of drug-likeness (QED) is 0.733. The first-order chi connectivity index (χ1) is 7.94. The molecule has 5 nitrogen and oxygen atoms in total. The number of carboxylic acids is 1. The van der Waals surface area contributed by atoms with Gasteiger partial charge in [0.15, 0.2) is 0 Å². The maximum absolute atomic E-state index is 10.9. The average Bonchev–Trinajstić information content (AvgIpc) is 2.34. The van der Waals surface area contributed by atoms with Crippen molar-refractivity contribution in [3.8, 4) is 0 Å². The second-order valence-electron chi connectivity index (χ2n) is 5.51. The second-order valence-corrected chi connectivity index (χ2v) is 5.51. The number of aliphatic carboxylic acids is 1. The minimum Gasteiger partial charge on any atom is -0.481 e. The topological polar surface area (TPSA) is 61.8 Å². The maximum atomic E-state index is 10.9. The highest BCUT2D eigenvalue weighted by atomic mass is 16.5. The number of hydrogen-bond acceptors (Lipinski definition) is 4. The van der Waals surface area contributed by atoms with Crippen LogP contribution in [0.2, 0.25) is 0 Å². The summed E-state index contributed by atoms with van der Waals surface area (Å²) in [5.74, 6) is -0.737. The third-order valence-electron chi connectivity index (χ3n) is 3.12. The number of hydrogen-bond donors (Lipinski definition) is 2. The van der Waals surface area contributed by atoms with E-state index in [1.165, 1.54) is 0 Å². The van der Waals surface area contributed by atoms with E-state index in [0.717, 1.165) is 26.2 Å². The van der Waals surface area contributed by atoms with Crippen LogP contribution in [0.5, 0.6) is 0 Å². The first kappa shape index (κ1) is 14.4. The summed E-state index contributed by atoms with van der Waals surface area (Å²) in [4.78, 5) is 13.1. The molecule has 1 rings (SSSR count). The van der Waals surface area contributed by atoms with Gasteiger partial charge in [0.2, 0.25) is 0 Å². The van der Waals surface area contributed by atoms with Crippen LogP contribution < -0.4 is 5.32 Å². The molecule has 2 N–H and O–H groups in total. The zero-order valence-electron chi connectivity index (χ0n) is 11.0. The van der Waals surface area contributed by atoms with Gasteiger partial charge in [-0.1, -0.05) is 13.8 Å². The summed E-state index contributed by atoms with van der Waals surface area (Å²) in [6, 6.07) is 0.0597. The molecule has 1 fully saturated rings. The lowest BCUT2D eigenvalue weighted by atomic mass is 9.93. The fourth-order valence-electron chi connectivity index (χ4n) is 2.31. The summed E-state index contributed by atoms with van der Waals surface area (Å²) >= 11 is 0. The molecule has 100 valence electrons. The summed E-state index contributed by atoms with van der Waals surface area (Å²) in [6.07, 6.45) is 0.187. The maximum Gasteiger partial charge on any atom is 0.304 e. The lowest BCUT2D eigenvalue weighted by molar-refractivity contribution is -0.138. The molecule has 0 spiro atoms. The monoisotopic (exact) mass is 244 g/mol. The van der Waals surface area contributed by atoms with Gasteiger partial charge in [-0.15, -0.1) is 0 Å². The van der Waals surface area contributed by atoms with Gasteiger partial charge in [-0.25, -0.2) is 0 Å². The zero-order chi connectivity index (χ0) is 12.9. The van der Waals surface area contributed by atoms with E-state index in [4.69, 9.17) is 9.84 Å². The number of methoxy groups -OCH3 is 1. The number of nitrogens with one attached hydrogen (secondary N) is 1. The lowest BCUT2D eigenvalue weighted by Crippen LogP contribution is -2.44. The van der Waals surface area contributed by atoms with E-state index in [9.17, 15) is 4.79 Å². The fraction of sp³-hybridized carbons (Fsp3) is 0.917. The van der Waals surface area contributed by atoms with Crippen LogP contribution in [0.25, 0.3) is 0 Å². The van der Waals surface area contributed by atoms with Crippen molar-refractivity contribution in [2.75, 3.05) is 39.9 Å². The Morgan fingerprint density at radius 3 is 2.88 bits per heavy atom. The van der Waals surface area contributed by atoms with E-state index in [2.05, 4.69) is 24.1 Å². The highest BCUT2D eigenvalue weighted by Gasteiger charge is 2.30. The molecule has 0 saturated carbocycles. The van der Waals surface area contributed by atoms with E-state index < -0.39 is 5.97 Å². The Hall–Kier alpha value is -0.650. The van der Waals surface area contributed by atoms with Gasteiger partial charge in [0.25, 0.3) is 0 Å². The minimum absolute atomic E-state index is 0.0597. The number of ether oxygens (including phenoxy) is 1. The van der Waals surface area contributed by atoms with Crippen LogP contribution in [0.1, 0.15) is 20.3 Å². The van der Waals surface area contributed by atoms with Crippen molar-refractivity contribution < 1.29 is 14.6 Å². The van der Waals surface area contributed by atoms with Crippen molar-refractivity contribution in [3.63, 3.8) is 0 Å². The second kappa shape index (κ2) is 6.33. The Balaban J connectivity index is 2.66. The molecule has 0 aromatic heterocycles. The average molecular weight is 244 g/mol. The molecular weight excluding hydrogens is 220 g/mol. The van der Waals surface area contributed by atoms with E-state index in [1.807, 2.05) is 0 Å². The largest absolute Gasteiger partial charge is 0.481 e. The molecule has 0 amide bonds. The summed E-state index contributed by atoms with van der Waals surface area (Å²) in [6.45, 7) is 8.39. The van der Waals surface area contributed by atoms with Gasteiger partial charge < -0.3 is 15.2 Å². The van der Waals surface area contributed by atoms with Gasteiger partial charge in [0.1, 0.15) is 0 Å². The van der Waals surface area contributed by atoms with Crippen molar-refractivity contribution in [2.24, 2.45) is 5.41 Å². The minimum atomic E-state index is -0.737. The highest BCUT2D eigenvalue weighted by Crippen LogP contribution is 2.21. The van der Waals surface area contributed by atoms with Crippen LogP contribution in [-0.4, -0.2) is 61.9 Å². The first-order valence-electron chi connectivity index (χ1n) is 6.10. The number of carboxylic acid groups (broad SMARTS) is 1. The SMILES string of the molecule is COCCN1CC(C)(C)CNCC1CC(=O)O. The van der Waals surface area contributed by atoms with Gasteiger partial charge in [0.05, 0.1) is 13.0 Å². The Kier molecular flexibility index (Phi) is 5.36. The number of nitrogens with zero attached hydrogens (tertiary/aromatic N) is 1. The van der Waals surface area contributed by atoms with Crippen LogP contribution >= 0.6 is 0 Å². The van der Waals surface area contributed by atoms with Crippen LogP contribution in [0, 0.1) is 5.41 Å². The molecule has 1 aliphatic heterocycles. The fourth-order valence-corrected chi connectivity index (χ4v) is 2.31. The summed E-state index contributed by atoms with van der Waals surface area (Å²) in [7, 11) is 1.67. The van der Waals surface area contributed by atoms with Crippen molar-refractivity contribution in [1.29, 1.82) is 0 Å². The van der Waals surface area contributed by atoms with Gasteiger partial charge in [-0.05, 0) is 5.41 Å². The van der Waals surface area contributed by atoms with E-state index in [1.54, 1.807) is 7.11 Å². The number of rotatable bonds is 5. The van der Waals surface area contributed by atoms with Crippen molar-refractivity contribution in [3.05, 3.63) is 0 Å². The number of carbonyl (C=O) groups is 1. The van der Waals surface area contributed by atoms with E-state index in [-0.39, 0.29) is 17.9 Å². The molecule has 17 heavy (non-hydrogen) atoms. The third kappa shape index (κ3) is 5.02. The first-order valence-corrected chi connectivity index (χ1v) is 6.10. The summed E-state index contributed by atoms with van der Waals surface area (Å²) in [5.41, 5.74) is 0.168. The molecule has 0 radical (unpaired) electrons. The molecule has 0 aromatic carbocycles. The normalized spacial score (nSPS) is 25.5. The third-order valence-corrected chi connectivity index (χ3v) is 3.12. The van der Waals surface area contributed by atoms with Crippen molar-refractivity contribution >= 4 is 5.97 Å². The van der Waals surface area contributed by atoms with Gasteiger partial charge in [0, 0.05) is 39.3 Å². The zero-order valence-corrected chi connectivity index (χ0v) is 11.0. The van der Waals surface area contributed by atoms with E-state index in [0.29, 0.717) is 6.61 Å². The molecule has 0 bridgehead atoms. The summed E-state index contributed by atoms with van der Waals surface area (Å²) < 4.78 is 5.10. The van der Waals surface area contributed by atoms with Gasteiger partial charge in [-0.2, -0.15) is 0 Å². The van der Waals surface area contributed by atoms with Gasteiger partial charge in [-0.3, -0.25) is 9.69 Å². The Labute approximate surface area is 103 Å². The Morgan fingerprint density at radius 2 is 2.29 bits per heavy atom. The smallest absolute Gasteiger partial charge is 0.304 e. The molecular formula is C12H24N2O3. The van der Waals surface area contributed by atoms with E-state index >= 15 is 0 Å². The van der Waals surface area contributed by atoms with Gasteiger partial charge >= 0.3 is 5.97 Å². The predicted molar refractivity (Wildman–Crippen MR) is 66.1 cm³/mol. The molecule has 0 aromatic rings. The molecule has 1 saturated heterocycles. The van der Waals surface area contributed by atoms with Crippen LogP contribution in [-0.2, 0) is 9.53 Å².